The lowest BCUT2D eigenvalue weighted by molar-refractivity contribution is 0.444. The highest BCUT2D eigenvalue weighted by Gasteiger charge is 2.30. The summed E-state index contributed by atoms with van der Waals surface area (Å²) in [5, 5.41) is 1.14. The van der Waals surface area contributed by atoms with Crippen molar-refractivity contribution in [2.75, 3.05) is 6.26 Å². The van der Waals surface area contributed by atoms with Crippen LogP contribution in [0.2, 0.25) is 0 Å². The summed E-state index contributed by atoms with van der Waals surface area (Å²) in [5.41, 5.74) is 3.49. The number of fused-ring (bicyclic) bond motifs is 1. The highest BCUT2D eigenvalue weighted by atomic mass is 32.2. The number of aromatic amines is 1. The van der Waals surface area contributed by atoms with Gasteiger partial charge in [0.05, 0.1) is 0 Å². The average molecular weight is 385 g/mol. The number of nitrogens with zero attached hydrogens (tertiary/aromatic N) is 1. The van der Waals surface area contributed by atoms with Gasteiger partial charge in [-0.3, -0.25) is 0 Å². The molecule has 0 aromatic carbocycles. The number of hydrogen-bond donors (Lipinski definition) is 1. The molecule has 1 N–H and O–H groups in total. The maximum absolute atomic E-state index is 12.0. The second kappa shape index (κ2) is 7.27. The summed E-state index contributed by atoms with van der Waals surface area (Å²) in [4.78, 5) is 8.55. The molecule has 0 saturated heterocycles. The van der Waals surface area contributed by atoms with Gasteiger partial charge < -0.3 is 4.98 Å². The number of H-pyrrole nitrogens is 1. The first-order valence-corrected chi connectivity index (χ1v) is 11.9. The summed E-state index contributed by atoms with van der Waals surface area (Å²) in [6.07, 6.45) is 14.0. The molecular weight excluding hydrogens is 356 g/mol. The molecule has 2 atom stereocenters. The zero-order chi connectivity index (χ0) is 19.0. The van der Waals surface area contributed by atoms with E-state index in [-0.39, 0.29) is 5.92 Å². The van der Waals surface area contributed by atoms with Crippen LogP contribution in [0.5, 0.6) is 0 Å². The molecule has 0 aliphatic heterocycles. The number of sulfone groups is 1. The summed E-state index contributed by atoms with van der Waals surface area (Å²) >= 11 is 0. The van der Waals surface area contributed by atoms with Gasteiger partial charge in [-0.05, 0) is 49.0 Å². The molecule has 1 fully saturated rings. The standard InChI is InChI=1S/C22H28N2O2S/c1-15-12-18(27(2,25)26)9-10-19(15)20(13-16-6-3-4-7-16)21-14-17-8-5-11-23-22(17)24-21/h5,8-11,14-16,20H,3-4,6-7,12-13H2,1-2H3,(H,23,24). The predicted molar refractivity (Wildman–Crippen MR) is 110 cm³/mol. The number of pyridine rings is 1. The van der Waals surface area contributed by atoms with Gasteiger partial charge in [0.1, 0.15) is 5.65 Å². The van der Waals surface area contributed by atoms with Crippen molar-refractivity contribution < 1.29 is 8.42 Å². The molecule has 5 heteroatoms. The normalized spacial score (nSPS) is 22.7. The maximum Gasteiger partial charge on any atom is 0.171 e. The smallest absolute Gasteiger partial charge is 0.171 e. The fourth-order valence-corrected chi connectivity index (χ4v) is 5.63. The summed E-state index contributed by atoms with van der Waals surface area (Å²) < 4.78 is 23.9. The van der Waals surface area contributed by atoms with Crippen molar-refractivity contribution in [2.24, 2.45) is 11.8 Å². The zero-order valence-corrected chi connectivity index (χ0v) is 16.9. The van der Waals surface area contributed by atoms with E-state index >= 15 is 0 Å². The molecule has 0 amide bonds. The monoisotopic (exact) mass is 384 g/mol. The summed E-state index contributed by atoms with van der Waals surface area (Å²) in [7, 11) is -3.12. The average Bonchev–Trinajstić information content (AvgIpc) is 3.28. The van der Waals surface area contributed by atoms with E-state index in [1.165, 1.54) is 43.2 Å². The van der Waals surface area contributed by atoms with Crippen molar-refractivity contribution in [3.05, 3.63) is 52.7 Å². The van der Waals surface area contributed by atoms with Crippen molar-refractivity contribution in [1.82, 2.24) is 9.97 Å². The third kappa shape index (κ3) is 3.88. The number of allylic oxidation sites excluding steroid dienone is 4. The van der Waals surface area contributed by atoms with Crippen molar-refractivity contribution in [3.8, 4) is 0 Å². The molecule has 2 heterocycles. The molecule has 4 nitrogen and oxygen atoms in total. The Hall–Kier alpha value is -1.88. The molecule has 2 unspecified atom stereocenters. The van der Waals surface area contributed by atoms with E-state index in [4.69, 9.17) is 0 Å². The van der Waals surface area contributed by atoms with Crippen LogP contribution in [0.15, 0.2) is 47.0 Å². The van der Waals surface area contributed by atoms with Gasteiger partial charge in [0.25, 0.3) is 0 Å². The van der Waals surface area contributed by atoms with Gasteiger partial charge in [-0.1, -0.05) is 44.3 Å². The fourth-order valence-electron chi connectivity index (χ4n) is 4.76. The van der Waals surface area contributed by atoms with Crippen molar-refractivity contribution >= 4 is 20.9 Å². The van der Waals surface area contributed by atoms with Crippen molar-refractivity contribution in [2.45, 2.75) is 51.4 Å². The third-order valence-electron chi connectivity index (χ3n) is 6.25. The molecule has 1 saturated carbocycles. The van der Waals surface area contributed by atoms with Crippen LogP contribution in [-0.2, 0) is 9.84 Å². The highest BCUT2D eigenvalue weighted by molar-refractivity contribution is 7.94. The lowest BCUT2D eigenvalue weighted by atomic mass is 9.77. The van der Waals surface area contributed by atoms with Gasteiger partial charge in [0, 0.05) is 34.4 Å². The van der Waals surface area contributed by atoms with E-state index in [9.17, 15) is 8.42 Å². The lowest BCUT2D eigenvalue weighted by Gasteiger charge is -2.29. The zero-order valence-electron chi connectivity index (χ0n) is 16.1. The molecule has 2 aliphatic carbocycles. The van der Waals surface area contributed by atoms with Gasteiger partial charge in [0.2, 0.25) is 0 Å². The first-order chi connectivity index (χ1) is 12.9. The number of rotatable bonds is 5. The molecular formula is C22H28N2O2S. The minimum Gasteiger partial charge on any atom is -0.343 e. The minimum absolute atomic E-state index is 0.227. The van der Waals surface area contributed by atoms with Crippen LogP contribution in [0, 0.1) is 11.8 Å². The summed E-state index contributed by atoms with van der Waals surface area (Å²) in [6, 6.07) is 6.29. The first-order valence-electron chi connectivity index (χ1n) is 9.96. The lowest BCUT2D eigenvalue weighted by Crippen LogP contribution is -2.18. The highest BCUT2D eigenvalue weighted by Crippen LogP contribution is 2.43. The summed E-state index contributed by atoms with van der Waals surface area (Å²) in [6.45, 7) is 2.16. The second-order valence-electron chi connectivity index (χ2n) is 8.28. The molecule has 0 bridgehead atoms. The van der Waals surface area contributed by atoms with Gasteiger partial charge in [-0.15, -0.1) is 0 Å². The molecule has 27 heavy (non-hydrogen) atoms. The first kappa shape index (κ1) is 18.5. The van der Waals surface area contributed by atoms with Crippen LogP contribution in [0.1, 0.15) is 57.1 Å². The Morgan fingerprint density at radius 1 is 1.26 bits per heavy atom. The van der Waals surface area contributed by atoms with Crippen LogP contribution in [0.3, 0.4) is 0 Å². The SMILES string of the molecule is CC1CC(S(C)(=O)=O)=CC=C1C(CC1CCCC1)c1cc2cccnc2[nH]1. The third-order valence-corrected chi connectivity index (χ3v) is 7.50. The predicted octanol–water partition coefficient (Wildman–Crippen LogP) is 5.12. The van der Waals surface area contributed by atoms with Crippen molar-refractivity contribution in [3.63, 3.8) is 0 Å². The second-order valence-corrected chi connectivity index (χ2v) is 10.4. The largest absolute Gasteiger partial charge is 0.343 e. The van der Waals surface area contributed by atoms with Crippen LogP contribution in [0.4, 0.5) is 0 Å². The molecule has 2 aromatic rings. The van der Waals surface area contributed by atoms with Gasteiger partial charge >= 0.3 is 0 Å². The molecule has 2 aromatic heterocycles. The van der Waals surface area contributed by atoms with Crippen LogP contribution < -0.4 is 0 Å². The number of nitrogens with one attached hydrogen (secondary N) is 1. The Balaban J connectivity index is 1.73. The van der Waals surface area contributed by atoms with Crippen molar-refractivity contribution in [1.29, 1.82) is 0 Å². The Morgan fingerprint density at radius 2 is 2.04 bits per heavy atom. The van der Waals surface area contributed by atoms with E-state index in [1.807, 2.05) is 18.3 Å². The van der Waals surface area contributed by atoms with Gasteiger partial charge in [-0.2, -0.15) is 0 Å². The Bertz CT molecular complexity index is 961. The summed E-state index contributed by atoms with van der Waals surface area (Å²) in [5.74, 6) is 1.28. The number of aromatic nitrogens is 2. The van der Waals surface area contributed by atoms with E-state index in [1.54, 1.807) is 0 Å². The van der Waals surface area contributed by atoms with Crippen LogP contribution >= 0.6 is 0 Å². The molecule has 0 spiro atoms. The van der Waals surface area contributed by atoms with Crippen LogP contribution in [-0.4, -0.2) is 24.6 Å². The Labute approximate surface area is 161 Å². The van der Waals surface area contributed by atoms with Gasteiger partial charge in [-0.25, -0.2) is 13.4 Å². The van der Waals surface area contributed by atoms with Crippen LogP contribution in [0.25, 0.3) is 11.0 Å². The van der Waals surface area contributed by atoms with Gasteiger partial charge in [0.15, 0.2) is 9.84 Å². The molecule has 4 rings (SSSR count). The molecule has 0 radical (unpaired) electrons. The van der Waals surface area contributed by atoms with E-state index in [2.05, 4.69) is 35.1 Å². The number of hydrogen-bond acceptors (Lipinski definition) is 3. The Kier molecular flexibility index (Phi) is 4.97. The van der Waals surface area contributed by atoms with E-state index in [0.29, 0.717) is 17.2 Å². The fraction of sp³-hybridized carbons (Fsp3) is 0.500. The van der Waals surface area contributed by atoms with E-state index in [0.717, 1.165) is 23.4 Å². The maximum atomic E-state index is 12.0. The topological polar surface area (TPSA) is 62.8 Å². The Morgan fingerprint density at radius 3 is 2.70 bits per heavy atom. The molecule has 144 valence electrons. The molecule has 2 aliphatic rings. The quantitative estimate of drug-likeness (QED) is 0.778. The minimum atomic E-state index is -3.12. The van der Waals surface area contributed by atoms with E-state index < -0.39 is 9.84 Å².